The molecule has 1 atom stereocenters. The summed E-state index contributed by atoms with van der Waals surface area (Å²) in [6, 6.07) is -0.276. The van der Waals surface area contributed by atoms with E-state index in [9.17, 15) is 13.2 Å². The summed E-state index contributed by atoms with van der Waals surface area (Å²) in [6.45, 7) is 5.79. The molecule has 2 N–H and O–H groups in total. The Bertz CT molecular complexity index is 388. The van der Waals surface area contributed by atoms with Gasteiger partial charge in [0, 0.05) is 12.6 Å². The lowest BCUT2D eigenvalue weighted by Gasteiger charge is -2.39. The Morgan fingerprint density at radius 2 is 1.94 bits per heavy atom. The average molecular weight is 262 g/mol. The Kier molecular flexibility index (Phi) is 4.19. The van der Waals surface area contributed by atoms with Crippen LogP contribution in [0.2, 0.25) is 0 Å². The third-order valence-corrected chi connectivity index (χ3v) is 5.41. The largest absolute Gasteiger partial charge is 0.336 e. The molecular weight excluding hydrogens is 240 g/mol. The monoisotopic (exact) mass is 262 g/mol. The van der Waals surface area contributed by atoms with Gasteiger partial charge in [0.05, 0.1) is 17.0 Å². The fourth-order valence-electron chi connectivity index (χ4n) is 2.14. The van der Waals surface area contributed by atoms with E-state index in [-0.39, 0.29) is 30.0 Å². The second-order valence-electron chi connectivity index (χ2n) is 4.83. The van der Waals surface area contributed by atoms with Crippen molar-refractivity contribution in [3.8, 4) is 0 Å². The molecule has 0 spiro atoms. The molecule has 0 saturated carbocycles. The number of carbonyl (C=O) groups excluding carboxylic acids is 1. The van der Waals surface area contributed by atoms with E-state index >= 15 is 0 Å². The van der Waals surface area contributed by atoms with Crippen molar-refractivity contribution in [3.05, 3.63) is 0 Å². The number of hydrogen-bond acceptors (Lipinski definition) is 4. The smallest absolute Gasteiger partial charge is 0.242 e. The van der Waals surface area contributed by atoms with Crippen LogP contribution in [0.1, 0.15) is 33.6 Å². The second-order valence-corrected chi connectivity index (χ2v) is 7.05. The Labute approximate surface area is 103 Å². The number of nitrogens with zero attached hydrogens (tertiary/aromatic N) is 1. The summed E-state index contributed by atoms with van der Waals surface area (Å²) in [5.41, 5.74) is 5.21. The van der Waals surface area contributed by atoms with Crippen molar-refractivity contribution in [2.45, 2.75) is 45.2 Å². The highest BCUT2D eigenvalue weighted by molar-refractivity contribution is 7.91. The van der Waals surface area contributed by atoms with Gasteiger partial charge in [0.25, 0.3) is 0 Å². The van der Waals surface area contributed by atoms with Gasteiger partial charge in [-0.25, -0.2) is 8.42 Å². The van der Waals surface area contributed by atoms with E-state index in [1.165, 1.54) is 0 Å². The van der Waals surface area contributed by atoms with E-state index in [0.717, 1.165) is 0 Å². The van der Waals surface area contributed by atoms with Gasteiger partial charge in [0.2, 0.25) is 5.91 Å². The lowest BCUT2D eigenvalue weighted by Crippen LogP contribution is -2.60. The number of sulfone groups is 1. The zero-order valence-electron chi connectivity index (χ0n) is 10.8. The number of nitrogens with two attached hydrogens (primary N) is 1. The quantitative estimate of drug-likeness (QED) is 0.785. The van der Waals surface area contributed by atoms with Crippen molar-refractivity contribution in [2.24, 2.45) is 5.73 Å². The normalized spacial score (nSPS) is 24.7. The highest BCUT2D eigenvalue weighted by atomic mass is 32.2. The molecule has 0 aromatic heterocycles. The molecule has 1 rings (SSSR count). The van der Waals surface area contributed by atoms with Crippen LogP contribution in [0, 0.1) is 0 Å². The van der Waals surface area contributed by atoms with Gasteiger partial charge in [-0.3, -0.25) is 4.79 Å². The molecule has 1 fully saturated rings. The summed E-state index contributed by atoms with van der Waals surface area (Å²) < 4.78 is 22.9. The minimum absolute atomic E-state index is 0.0439. The van der Waals surface area contributed by atoms with Crippen molar-refractivity contribution in [1.82, 2.24) is 4.90 Å². The summed E-state index contributed by atoms with van der Waals surface area (Å²) >= 11 is 0. The fourth-order valence-corrected chi connectivity index (χ4v) is 3.70. The molecule has 1 aliphatic heterocycles. The number of rotatable bonds is 3. The van der Waals surface area contributed by atoms with E-state index in [2.05, 4.69) is 0 Å². The lowest BCUT2D eigenvalue weighted by molar-refractivity contribution is -0.138. The molecule has 1 heterocycles. The van der Waals surface area contributed by atoms with Crippen LogP contribution in [0.15, 0.2) is 0 Å². The number of amides is 1. The van der Waals surface area contributed by atoms with E-state index in [4.69, 9.17) is 5.73 Å². The molecule has 0 aromatic carbocycles. The molecule has 1 unspecified atom stereocenters. The highest BCUT2D eigenvalue weighted by Gasteiger charge is 2.39. The summed E-state index contributed by atoms with van der Waals surface area (Å²) in [5, 5.41) is 0. The molecule has 5 nitrogen and oxygen atoms in total. The lowest BCUT2D eigenvalue weighted by atomic mass is 9.92. The Balaban J connectivity index is 2.85. The van der Waals surface area contributed by atoms with Gasteiger partial charge in [-0.1, -0.05) is 13.8 Å². The maximum Gasteiger partial charge on any atom is 0.242 e. The maximum absolute atomic E-state index is 12.3. The minimum atomic E-state index is -2.99. The van der Waals surface area contributed by atoms with Crippen LogP contribution < -0.4 is 5.73 Å². The Hall–Kier alpha value is -0.620. The average Bonchev–Trinajstić information content (AvgIpc) is 2.26. The highest BCUT2D eigenvalue weighted by Crippen LogP contribution is 2.20. The first-order valence-electron chi connectivity index (χ1n) is 6.06. The van der Waals surface area contributed by atoms with Crippen molar-refractivity contribution in [2.75, 3.05) is 18.1 Å². The molecule has 17 heavy (non-hydrogen) atoms. The van der Waals surface area contributed by atoms with Crippen LogP contribution in [0.4, 0.5) is 0 Å². The van der Waals surface area contributed by atoms with Gasteiger partial charge in [-0.05, 0) is 19.8 Å². The van der Waals surface area contributed by atoms with Crippen LogP contribution in [-0.2, 0) is 14.6 Å². The van der Waals surface area contributed by atoms with Gasteiger partial charge in [-0.2, -0.15) is 0 Å². The molecule has 6 heteroatoms. The molecule has 1 saturated heterocycles. The maximum atomic E-state index is 12.3. The van der Waals surface area contributed by atoms with Crippen molar-refractivity contribution in [3.63, 3.8) is 0 Å². The van der Waals surface area contributed by atoms with Crippen LogP contribution >= 0.6 is 0 Å². The van der Waals surface area contributed by atoms with E-state index in [1.54, 1.807) is 11.8 Å². The molecule has 0 aliphatic carbocycles. The van der Waals surface area contributed by atoms with Crippen molar-refractivity contribution < 1.29 is 13.2 Å². The standard InChI is InChI=1S/C11H22N2O3S/c1-4-11(12,5-2)10(14)13-6-7-17(15,16)8-9(13)3/h9H,4-8,12H2,1-3H3. The fraction of sp³-hybridized carbons (Fsp3) is 0.909. The summed E-state index contributed by atoms with van der Waals surface area (Å²) in [5.74, 6) is -0.0284. The first kappa shape index (κ1) is 14.4. The molecule has 100 valence electrons. The van der Waals surface area contributed by atoms with Crippen molar-refractivity contribution >= 4 is 15.7 Å². The zero-order chi connectivity index (χ0) is 13.3. The predicted molar refractivity (Wildman–Crippen MR) is 67.3 cm³/mol. The number of hydrogen-bond donors (Lipinski definition) is 1. The summed E-state index contributed by atoms with van der Waals surface area (Å²) in [7, 11) is -2.99. The van der Waals surface area contributed by atoms with E-state index < -0.39 is 15.4 Å². The van der Waals surface area contributed by atoms with Gasteiger partial charge in [0.15, 0.2) is 9.84 Å². The SMILES string of the molecule is CCC(N)(CC)C(=O)N1CCS(=O)(=O)CC1C. The molecule has 0 aromatic rings. The van der Waals surface area contributed by atoms with Gasteiger partial charge < -0.3 is 10.6 Å². The second kappa shape index (κ2) is 4.94. The number of carbonyl (C=O) groups is 1. The Morgan fingerprint density at radius 1 is 1.41 bits per heavy atom. The molecule has 0 radical (unpaired) electrons. The molecular formula is C11H22N2O3S. The van der Waals surface area contributed by atoms with Crippen LogP contribution in [0.25, 0.3) is 0 Å². The molecule has 0 bridgehead atoms. The van der Waals surface area contributed by atoms with Crippen LogP contribution in [0.3, 0.4) is 0 Å². The predicted octanol–water partition coefficient (Wildman–Crippen LogP) is 0.149. The van der Waals surface area contributed by atoms with Crippen LogP contribution in [-0.4, -0.2) is 48.9 Å². The van der Waals surface area contributed by atoms with Gasteiger partial charge in [-0.15, -0.1) is 0 Å². The third kappa shape index (κ3) is 2.98. The Morgan fingerprint density at radius 3 is 2.35 bits per heavy atom. The van der Waals surface area contributed by atoms with Crippen LogP contribution in [0.5, 0.6) is 0 Å². The minimum Gasteiger partial charge on any atom is -0.336 e. The third-order valence-electron chi connectivity index (χ3n) is 3.62. The van der Waals surface area contributed by atoms with E-state index in [0.29, 0.717) is 12.8 Å². The molecule has 1 amide bonds. The molecule has 1 aliphatic rings. The summed E-state index contributed by atoms with van der Waals surface area (Å²) in [6.07, 6.45) is 1.14. The van der Waals surface area contributed by atoms with Gasteiger partial charge in [0.1, 0.15) is 0 Å². The van der Waals surface area contributed by atoms with Gasteiger partial charge >= 0.3 is 0 Å². The first-order chi connectivity index (χ1) is 7.75. The zero-order valence-corrected chi connectivity index (χ0v) is 11.6. The topological polar surface area (TPSA) is 80.5 Å². The first-order valence-corrected chi connectivity index (χ1v) is 7.88. The summed E-state index contributed by atoms with van der Waals surface area (Å²) in [4.78, 5) is 13.9. The van der Waals surface area contributed by atoms with Crippen molar-refractivity contribution in [1.29, 1.82) is 0 Å². The van der Waals surface area contributed by atoms with E-state index in [1.807, 2.05) is 13.8 Å².